The number of rotatable bonds is 1. The normalized spacial score (nSPS) is 10.0. The van der Waals surface area contributed by atoms with Gasteiger partial charge in [0.25, 0.3) is 0 Å². The van der Waals surface area contributed by atoms with Gasteiger partial charge in [-0.25, -0.2) is 0 Å². The van der Waals surface area contributed by atoms with Crippen LogP contribution in [0.4, 0.5) is 0 Å². The van der Waals surface area contributed by atoms with Crippen LogP contribution in [-0.2, 0) is 11.8 Å². The Kier molecular flexibility index (Phi) is 2.76. The molecule has 0 saturated carbocycles. The summed E-state index contributed by atoms with van der Waals surface area (Å²) in [6.45, 7) is -3.42. The quantitative estimate of drug-likeness (QED) is 0.325. The third kappa shape index (κ3) is 6.37. The molecule has 0 bridgehead atoms. The zero-order valence-corrected chi connectivity index (χ0v) is 5.63. The maximum atomic E-state index is 8.20. The molecule has 6 heteroatoms. The van der Waals surface area contributed by atoms with Crippen LogP contribution < -0.4 is 0 Å². The van der Waals surface area contributed by atoms with E-state index in [1.165, 1.54) is 0 Å². The monoisotopic (exact) mass is 155 g/mol. The van der Waals surface area contributed by atoms with Crippen molar-refractivity contribution in [3.8, 4) is 0 Å². The predicted octanol–water partition coefficient (Wildman–Crippen LogP) is 0.298. The molecule has 0 heterocycles. The lowest BCUT2D eigenvalue weighted by molar-refractivity contribution is 0.482. The van der Waals surface area contributed by atoms with Gasteiger partial charge in [-0.3, -0.25) is 0 Å². The van der Waals surface area contributed by atoms with Crippen LogP contribution in [0.3, 0.4) is 0 Å². The van der Waals surface area contributed by atoms with Gasteiger partial charge in [0, 0.05) is 0 Å². The second-order valence-electron chi connectivity index (χ2n) is 0.705. The van der Waals surface area contributed by atoms with Crippen molar-refractivity contribution in [2.45, 2.75) is 0 Å². The second-order valence-corrected chi connectivity index (χ2v) is 3.58. The van der Waals surface area contributed by atoms with Crippen molar-refractivity contribution in [1.29, 1.82) is 0 Å². The predicted molar refractivity (Wildman–Crippen MR) is 33.7 cm³/mol. The second kappa shape index (κ2) is 2.62. The lowest BCUT2D eigenvalue weighted by atomic mass is 11.8. The van der Waals surface area contributed by atoms with Crippen LogP contribution in [0.2, 0.25) is 0 Å². The van der Waals surface area contributed by atoms with Crippen LogP contribution in [-0.4, -0.2) is 14.9 Å². The molecule has 7 heavy (non-hydrogen) atoms. The fraction of sp³-hybridized carbons (Fsp3) is 0. The Morgan fingerprint density at radius 1 is 1.57 bits per heavy atom. The molecule has 0 aliphatic rings. The van der Waals surface area contributed by atoms with Gasteiger partial charge in [0.05, 0.1) is 5.16 Å². The van der Waals surface area contributed by atoms with E-state index in [-0.39, 0.29) is 0 Å². The third-order valence-corrected chi connectivity index (χ3v) is 1.00. The standard InChI is InChI=1S/CH2NO2PS2/c3-5(4,7)2-1-6/h(H2,3,4,7). The van der Waals surface area contributed by atoms with Gasteiger partial charge in [-0.1, -0.05) is 0 Å². The molecule has 0 unspecified atom stereocenters. The first-order valence-corrected chi connectivity index (χ1v) is 4.28. The summed E-state index contributed by atoms with van der Waals surface area (Å²) in [4.78, 5) is 16.4. The Morgan fingerprint density at radius 3 is 2.00 bits per heavy atom. The van der Waals surface area contributed by atoms with Crippen molar-refractivity contribution in [3.63, 3.8) is 0 Å². The van der Waals surface area contributed by atoms with E-state index in [1.807, 2.05) is 0 Å². The van der Waals surface area contributed by atoms with Gasteiger partial charge in [-0.05, 0) is 24.0 Å². The fourth-order valence-electron chi connectivity index (χ4n) is 0.0532. The van der Waals surface area contributed by atoms with Crippen molar-refractivity contribution in [3.05, 3.63) is 0 Å². The van der Waals surface area contributed by atoms with Crippen LogP contribution in [0.15, 0.2) is 4.76 Å². The Hall–Kier alpha value is 0.370. The van der Waals surface area contributed by atoms with Gasteiger partial charge >= 0.3 is 6.64 Å². The van der Waals surface area contributed by atoms with Crippen molar-refractivity contribution >= 4 is 35.8 Å². The molecule has 0 atom stereocenters. The first-order valence-electron chi connectivity index (χ1n) is 1.21. The average Bonchev–Trinajstić information content (AvgIpc) is 1.30. The molecule has 2 N–H and O–H groups in total. The SMILES string of the molecule is OP(O)(=S)N=C=S. The van der Waals surface area contributed by atoms with E-state index >= 15 is 0 Å². The van der Waals surface area contributed by atoms with Gasteiger partial charge in [-0.2, -0.15) is 0 Å². The molecular formula is CH2NO2PS2. The first kappa shape index (κ1) is 7.37. The van der Waals surface area contributed by atoms with Gasteiger partial charge in [-0.15, -0.1) is 4.76 Å². The molecule has 0 amide bonds. The maximum absolute atomic E-state index is 8.20. The topological polar surface area (TPSA) is 52.8 Å². The lowest BCUT2D eigenvalue weighted by Gasteiger charge is -1.90. The lowest BCUT2D eigenvalue weighted by Crippen LogP contribution is -1.64. The minimum Gasteiger partial charge on any atom is -0.328 e. The number of thiocarbonyl (C=S) groups is 1. The molecule has 0 aliphatic carbocycles. The summed E-state index contributed by atoms with van der Waals surface area (Å²) in [5, 5.41) is 1.76. The van der Waals surface area contributed by atoms with Gasteiger partial charge in [0.2, 0.25) is 0 Å². The molecule has 0 aliphatic heterocycles. The molecule has 0 saturated heterocycles. The number of isothiocyanates is 1. The minimum atomic E-state index is -3.42. The molecule has 40 valence electrons. The molecule has 0 spiro atoms. The summed E-state index contributed by atoms with van der Waals surface area (Å²) in [5.74, 6) is 0. The smallest absolute Gasteiger partial charge is 0.312 e. The molecule has 3 nitrogen and oxygen atoms in total. The molecule has 0 aromatic carbocycles. The van der Waals surface area contributed by atoms with Crippen LogP contribution >= 0.6 is 18.9 Å². The molecule has 0 radical (unpaired) electrons. The highest BCUT2D eigenvalue weighted by atomic mass is 32.5. The highest BCUT2D eigenvalue weighted by molar-refractivity contribution is 8.08. The van der Waals surface area contributed by atoms with Crippen molar-refractivity contribution in [2.75, 3.05) is 0 Å². The maximum Gasteiger partial charge on any atom is 0.312 e. The van der Waals surface area contributed by atoms with Crippen LogP contribution in [0.1, 0.15) is 0 Å². The van der Waals surface area contributed by atoms with Crippen LogP contribution in [0, 0.1) is 0 Å². The van der Waals surface area contributed by atoms with E-state index in [4.69, 9.17) is 9.79 Å². The zero-order valence-electron chi connectivity index (χ0n) is 3.11. The summed E-state index contributed by atoms with van der Waals surface area (Å²) in [7, 11) is 0. The van der Waals surface area contributed by atoms with E-state index in [0.717, 1.165) is 0 Å². The first-order chi connectivity index (χ1) is 3.06. The average molecular weight is 155 g/mol. The number of hydrogen-bond donors (Lipinski definition) is 2. The summed E-state index contributed by atoms with van der Waals surface area (Å²) in [5.41, 5.74) is 0. The number of nitrogens with zero attached hydrogens (tertiary/aromatic N) is 1. The molecule has 0 rings (SSSR count). The third-order valence-electron chi connectivity index (χ3n) is 0.171. The Labute approximate surface area is 50.9 Å². The summed E-state index contributed by atoms with van der Waals surface area (Å²) in [6, 6.07) is 0. The Balaban J connectivity index is 4.10. The van der Waals surface area contributed by atoms with E-state index in [9.17, 15) is 0 Å². The van der Waals surface area contributed by atoms with Crippen molar-refractivity contribution in [2.24, 2.45) is 4.76 Å². The summed E-state index contributed by atoms with van der Waals surface area (Å²) in [6.07, 6.45) is 0. The summed E-state index contributed by atoms with van der Waals surface area (Å²) < 4.78 is 2.86. The van der Waals surface area contributed by atoms with Gasteiger partial charge in [0.15, 0.2) is 0 Å². The minimum absolute atomic E-state index is 1.76. The van der Waals surface area contributed by atoms with Gasteiger partial charge in [0.1, 0.15) is 0 Å². The van der Waals surface area contributed by atoms with Crippen molar-refractivity contribution in [1.82, 2.24) is 0 Å². The van der Waals surface area contributed by atoms with E-state index in [2.05, 4.69) is 28.8 Å². The Morgan fingerprint density at radius 2 is 2.00 bits per heavy atom. The van der Waals surface area contributed by atoms with Crippen LogP contribution in [0.5, 0.6) is 0 Å². The number of hydrogen-bond acceptors (Lipinski definition) is 2. The Bertz CT molecular complexity index is 144. The highest BCUT2D eigenvalue weighted by Crippen LogP contribution is 2.35. The van der Waals surface area contributed by atoms with E-state index in [0.29, 0.717) is 0 Å². The molecule has 0 fully saturated rings. The fourth-order valence-corrected chi connectivity index (χ4v) is 0.779. The molecule has 0 aromatic heterocycles. The van der Waals surface area contributed by atoms with Crippen molar-refractivity contribution < 1.29 is 9.79 Å². The zero-order chi connectivity index (χ0) is 5.91. The largest absolute Gasteiger partial charge is 0.328 e. The van der Waals surface area contributed by atoms with E-state index in [1.54, 1.807) is 5.16 Å². The van der Waals surface area contributed by atoms with Crippen LogP contribution in [0.25, 0.3) is 0 Å². The highest BCUT2D eigenvalue weighted by Gasteiger charge is 1.98. The van der Waals surface area contributed by atoms with E-state index < -0.39 is 6.64 Å². The molecule has 0 aromatic rings. The summed E-state index contributed by atoms with van der Waals surface area (Å²) >= 11 is 8.03. The molecular weight excluding hydrogens is 153 g/mol. The van der Waals surface area contributed by atoms with Gasteiger partial charge < -0.3 is 9.79 Å².